The number of aryl methyl sites for hydroxylation is 1. The average molecular weight is 327 g/mol. The summed E-state index contributed by atoms with van der Waals surface area (Å²) in [5, 5.41) is 9.76. The van der Waals surface area contributed by atoms with E-state index in [9.17, 15) is 9.59 Å². The first-order valence-electron chi connectivity index (χ1n) is 8.17. The molecule has 126 valence electrons. The van der Waals surface area contributed by atoms with Crippen molar-refractivity contribution in [2.45, 2.75) is 32.7 Å². The predicted molar refractivity (Wildman–Crippen MR) is 93.2 cm³/mol. The molecule has 0 aliphatic carbocycles. The van der Waals surface area contributed by atoms with E-state index >= 15 is 0 Å². The standard InChI is InChI=1S/C17H21N5O2/c1-2-9-21-12-13(11-18-21)19-17(24)20-14-6-3-4-7-15(14)22-10-5-8-16(22)23/h3-4,6-7,11-12H,2,5,8-10H2,1H3,(H2,19,20,24). The van der Waals surface area contributed by atoms with E-state index in [4.69, 9.17) is 0 Å². The lowest BCUT2D eigenvalue weighted by Crippen LogP contribution is -2.26. The van der Waals surface area contributed by atoms with Gasteiger partial charge in [0.2, 0.25) is 5.91 Å². The van der Waals surface area contributed by atoms with Gasteiger partial charge in [0, 0.05) is 25.7 Å². The minimum atomic E-state index is -0.356. The minimum absolute atomic E-state index is 0.0884. The van der Waals surface area contributed by atoms with Crippen molar-refractivity contribution in [1.29, 1.82) is 0 Å². The third kappa shape index (κ3) is 3.56. The Balaban J connectivity index is 1.69. The molecule has 3 amide bonds. The normalized spacial score (nSPS) is 14.0. The van der Waals surface area contributed by atoms with Crippen LogP contribution in [0.25, 0.3) is 0 Å². The second kappa shape index (κ2) is 7.16. The first-order valence-corrected chi connectivity index (χ1v) is 8.17. The summed E-state index contributed by atoms with van der Waals surface area (Å²) < 4.78 is 1.78. The Morgan fingerprint density at radius 2 is 2.12 bits per heavy atom. The number of hydrogen-bond acceptors (Lipinski definition) is 3. The molecule has 0 bridgehead atoms. The minimum Gasteiger partial charge on any atom is -0.310 e. The maximum Gasteiger partial charge on any atom is 0.323 e. The number of amides is 3. The lowest BCUT2D eigenvalue weighted by atomic mass is 10.2. The van der Waals surface area contributed by atoms with Crippen LogP contribution in [-0.2, 0) is 11.3 Å². The molecule has 1 aromatic heterocycles. The molecule has 1 aromatic carbocycles. The van der Waals surface area contributed by atoms with Gasteiger partial charge in [0.15, 0.2) is 0 Å². The molecule has 3 rings (SSSR count). The van der Waals surface area contributed by atoms with E-state index in [0.29, 0.717) is 24.3 Å². The quantitative estimate of drug-likeness (QED) is 0.886. The van der Waals surface area contributed by atoms with Gasteiger partial charge in [0.25, 0.3) is 0 Å². The maximum atomic E-state index is 12.2. The molecule has 1 fully saturated rings. The van der Waals surface area contributed by atoms with Gasteiger partial charge in [-0.2, -0.15) is 5.10 Å². The Morgan fingerprint density at radius 1 is 1.29 bits per heavy atom. The molecule has 2 N–H and O–H groups in total. The summed E-state index contributed by atoms with van der Waals surface area (Å²) in [6.07, 6.45) is 5.78. The first-order chi connectivity index (χ1) is 11.7. The molecule has 0 unspecified atom stereocenters. The summed E-state index contributed by atoms with van der Waals surface area (Å²) in [6, 6.07) is 6.97. The fourth-order valence-corrected chi connectivity index (χ4v) is 2.78. The third-order valence-corrected chi connectivity index (χ3v) is 3.86. The van der Waals surface area contributed by atoms with E-state index in [2.05, 4.69) is 22.7 Å². The van der Waals surface area contributed by atoms with Crippen LogP contribution >= 0.6 is 0 Å². The van der Waals surface area contributed by atoms with E-state index in [1.54, 1.807) is 28.0 Å². The van der Waals surface area contributed by atoms with E-state index < -0.39 is 0 Å². The number of anilines is 3. The van der Waals surface area contributed by atoms with Crippen LogP contribution in [0.15, 0.2) is 36.7 Å². The third-order valence-electron chi connectivity index (χ3n) is 3.86. The molecular weight excluding hydrogens is 306 g/mol. The number of rotatable bonds is 5. The number of hydrogen-bond donors (Lipinski definition) is 2. The van der Waals surface area contributed by atoms with Crippen LogP contribution in [-0.4, -0.2) is 28.3 Å². The lowest BCUT2D eigenvalue weighted by Gasteiger charge is -2.19. The van der Waals surface area contributed by atoms with Crippen LogP contribution in [0, 0.1) is 0 Å². The topological polar surface area (TPSA) is 79.3 Å². The number of carbonyl (C=O) groups is 2. The predicted octanol–water partition coefficient (Wildman–Crippen LogP) is 3.06. The van der Waals surface area contributed by atoms with Crippen molar-refractivity contribution in [3.8, 4) is 0 Å². The van der Waals surface area contributed by atoms with Gasteiger partial charge >= 0.3 is 6.03 Å². The van der Waals surface area contributed by atoms with Crippen molar-refractivity contribution in [3.05, 3.63) is 36.7 Å². The number of nitrogens with zero attached hydrogens (tertiary/aromatic N) is 3. The van der Waals surface area contributed by atoms with Crippen molar-refractivity contribution in [2.75, 3.05) is 22.1 Å². The van der Waals surface area contributed by atoms with Gasteiger partial charge in [-0.25, -0.2) is 4.79 Å². The largest absolute Gasteiger partial charge is 0.323 e. The molecule has 7 heteroatoms. The highest BCUT2D eigenvalue weighted by Crippen LogP contribution is 2.29. The molecule has 1 aliphatic rings. The van der Waals surface area contributed by atoms with Gasteiger partial charge in [-0.1, -0.05) is 19.1 Å². The van der Waals surface area contributed by atoms with Crippen molar-refractivity contribution in [3.63, 3.8) is 0 Å². The van der Waals surface area contributed by atoms with Gasteiger partial charge in [0.05, 0.1) is 23.3 Å². The summed E-state index contributed by atoms with van der Waals surface area (Å²) in [7, 11) is 0. The number of aromatic nitrogens is 2. The number of carbonyl (C=O) groups excluding carboxylic acids is 2. The summed E-state index contributed by atoms with van der Waals surface area (Å²) in [4.78, 5) is 25.9. The van der Waals surface area contributed by atoms with Crippen LogP contribution in [0.2, 0.25) is 0 Å². The summed E-state index contributed by atoms with van der Waals surface area (Å²) in [5.74, 6) is 0.0884. The lowest BCUT2D eigenvalue weighted by molar-refractivity contribution is -0.117. The molecule has 2 heterocycles. The zero-order valence-corrected chi connectivity index (χ0v) is 13.7. The van der Waals surface area contributed by atoms with Crippen molar-refractivity contribution in [1.82, 2.24) is 9.78 Å². The Kier molecular flexibility index (Phi) is 4.79. The van der Waals surface area contributed by atoms with Crippen LogP contribution < -0.4 is 15.5 Å². The van der Waals surface area contributed by atoms with Gasteiger partial charge in [0.1, 0.15) is 0 Å². The molecule has 0 radical (unpaired) electrons. The number of para-hydroxylation sites is 2. The molecule has 7 nitrogen and oxygen atoms in total. The first kappa shape index (κ1) is 16.0. The molecule has 0 saturated carbocycles. The van der Waals surface area contributed by atoms with E-state index in [-0.39, 0.29) is 11.9 Å². The van der Waals surface area contributed by atoms with Crippen molar-refractivity contribution < 1.29 is 9.59 Å². The molecule has 0 atom stereocenters. The Morgan fingerprint density at radius 3 is 2.88 bits per heavy atom. The van der Waals surface area contributed by atoms with Gasteiger partial charge in [-0.3, -0.25) is 9.48 Å². The Labute approximate surface area is 140 Å². The fraction of sp³-hybridized carbons (Fsp3) is 0.353. The van der Waals surface area contributed by atoms with Crippen LogP contribution in [0.1, 0.15) is 26.2 Å². The van der Waals surface area contributed by atoms with Crippen LogP contribution in [0.4, 0.5) is 21.9 Å². The van der Waals surface area contributed by atoms with Gasteiger partial charge in [-0.15, -0.1) is 0 Å². The summed E-state index contributed by atoms with van der Waals surface area (Å²) in [5.41, 5.74) is 1.98. The second-order valence-corrected chi connectivity index (χ2v) is 5.74. The monoisotopic (exact) mass is 327 g/mol. The smallest absolute Gasteiger partial charge is 0.310 e. The number of nitrogens with one attached hydrogen (secondary N) is 2. The van der Waals surface area contributed by atoms with E-state index in [1.807, 2.05) is 18.2 Å². The summed E-state index contributed by atoms with van der Waals surface area (Å²) in [6.45, 7) is 3.56. The number of benzene rings is 1. The van der Waals surface area contributed by atoms with E-state index in [0.717, 1.165) is 25.1 Å². The molecule has 1 aliphatic heterocycles. The van der Waals surface area contributed by atoms with Gasteiger partial charge in [-0.05, 0) is 25.0 Å². The van der Waals surface area contributed by atoms with Crippen LogP contribution in [0.3, 0.4) is 0 Å². The molecule has 1 saturated heterocycles. The highest BCUT2D eigenvalue weighted by atomic mass is 16.2. The molecule has 0 spiro atoms. The summed E-state index contributed by atoms with van der Waals surface area (Å²) >= 11 is 0. The second-order valence-electron chi connectivity index (χ2n) is 5.74. The Bertz CT molecular complexity index is 740. The fourth-order valence-electron chi connectivity index (χ4n) is 2.78. The zero-order valence-electron chi connectivity index (χ0n) is 13.7. The van der Waals surface area contributed by atoms with Crippen LogP contribution in [0.5, 0.6) is 0 Å². The molecule has 2 aromatic rings. The van der Waals surface area contributed by atoms with Crippen molar-refractivity contribution >= 4 is 29.0 Å². The van der Waals surface area contributed by atoms with Crippen molar-refractivity contribution in [2.24, 2.45) is 0 Å². The maximum absolute atomic E-state index is 12.2. The molecular formula is C17H21N5O2. The zero-order chi connectivity index (χ0) is 16.9. The van der Waals surface area contributed by atoms with E-state index in [1.165, 1.54) is 0 Å². The Hall–Kier alpha value is -2.83. The van der Waals surface area contributed by atoms with Gasteiger partial charge < -0.3 is 15.5 Å². The number of urea groups is 1. The molecule has 24 heavy (non-hydrogen) atoms. The SMILES string of the molecule is CCCn1cc(NC(=O)Nc2ccccc2N2CCCC2=O)cn1. The average Bonchev–Trinajstić information content (AvgIpc) is 3.17. The highest BCUT2D eigenvalue weighted by molar-refractivity contribution is 6.05. The highest BCUT2D eigenvalue weighted by Gasteiger charge is 2.24.